The van der Waals surface area contributed by atoms with E-state index in [-0.39, 0.29) is 12.3 Å². The molecule has 3 nitrogen and oxygen atoms in total. The summed E-state index contributed by atoms with van der Waals surface area (Å²) in [5.74, 6) is -0.184. The lowest BCUT2D eigenvalue weighted by molar-refractivity contribution is -0.137. The third-order valence-corrected chi connectivity index (χ3v) is 5.04. The Balaban J connectivity index is 1.70. The Morgan fingerprint density at radius 1 is 1.07 bits per heavy atom. The van der Waals surface area contributed by atoms with Gasteiger partial charge in [-0.1, -0.05) is 30.3 Å². The molecule has 7 heteroatoms. The van der Waals surface area contributed by atoms with Crippen molar-refractivity contribution in [1.82, 2.24) is 4.98 Å². The van der Waals surface area contributed by atoms with E-state index in [1.54, 1.807) is 5.38 Å². The number of nitrogens with one attached hydrogen (secondary N) is 1. The van der Waals surface area contributed by atoms with Crippen molar-refractivity contribution in [3.05, 3.63) is 70.2 Å². The van der Waals surface area contributed by atoms with Crippen LogP contribution in [-0.2, 0) is 17.4 Å². The standard InChI is InChI=1S/C20H17F3N2OS/c1-12-4-3-5-13(2)18(12)25-17(26)10-16-11-27-19(24-16)14-6-8-15(9-7-14)20(21,22)23/h3-9,11H,10H2,1-2H3,(H,25,26). The summed E-state index contributed by atoms with van der Waals surface area (Å²) in [6.45, 7) is 3.85. The van der Waals surface area contributed by atoms with Crippen molar-refractivity contribution in [2.45, 2.75) is 26.4 Å². The Bertz CT molecular complexity index is 942. The van der Waals surface area contributed by atoms with Crippen molar-refractivity contribution < 1.29 is 18.0 Å². The number of para-hydroxylation sites is 1. The third kappa shape index (κ3) is 4.54. The largest absolute Gasteiger partial charge is 0.416 e. The van der Waals surface area contributed by atoms with Crippen LogP contribution < -0.4 is 5.32 Å². The predicted octanol–water partition coefficient (Wildman–Crippen LogP) is 5.63. The van der Waals surface area contributed by atoms with Crippen molar-refractivity contribution in [2.24, 2.45) is 0 Å². The van der Waals surface area contributed by atoms with Gasteiger partial charge >= 0.3 is 6.18 Å². The molecule has 140 valence electrons. The third-order valence-electron chi connectivity index (χ3n) is 4.10. The minimum atomic E-state index is -4.36. The van der Waals surface area contributed by atoms with Crippen LogP contribution in [0.25, 0.3) is 10.6 Å². The van der Waals surface area contributed by atoms with Gasteiger partial charge in [-0.05, 0) is 37.1 Å². The van der Waals surface area contributed by atoms with Gasteiger partial charge in [0.1, 0.15) is 5.01 Å². The molecule has 0 aliphatic heterocycles. The Morgan fingerprint density at radius 3 is 2.30 bits per heavy atom. The van der Waals surface area contributed by atoms with Gasteiger partial charge in [0.2, 0.25) is 5.91 Å². The van der Waals surface area contributed by atoms with Crippen LogP contribution in [0.3, 0.4) is 0 Å². The molecule has 0 unspecified atom stereocenters. The number of aromatic nitrogens is 1. The van der Waals surface area contributed by atoms with Gasteiger partial charge < -0.3 is 5.32 Å². The van der Waals surface area contributed by atoms with Gasteiger partial charge in [-0.15, -0.1) is 11.3 Å². The molecule has 2 aromatic carbocycles. The summed E-state index contributed by atoms with van der Waals surface area (Å²) in [5, 5.41) is 5.23. The monoisotopic (exact) mass is 390 g/mol. The van der Waals surface area contributed by atoms with E-state index in [1.807, 2.05) is 32.0 Å². The lowest BCUT2D eigenvalue weighted by Gasteiger charge is -2.10. The van der Waals surface area contributed by atoms with E-state index >= 15 is 0 Å². The van der Waals surface area contributed by atoms with Crippen LogP contribution in [0.15, 0.2) is 47.8 Å². The highest BCUT2D eigenvalue weighted by atomic mass is 32.1. The summed E-state index contributed by atoms with van der Waals surface area (Å²) in [7, 11) is 0. The number of aryl methyl sites for hydroxylation is 2. The van der Waals surface area contributed by atoms with Crippen LogP contribution in [0, 0.1) is 13.8 Å². The summed E-state index contributed by atoms with van der Waals surface area (Å²) in [6, 6.07) is 10.6. The number of hydrogen-bond donors (Lipinski definition) is 1. The van der Waals surface area contributed by atoms with Gasteiger partial charge in [0.15, 0.2) is 0 Å². The SMILES string of the molecule is Cc1cccc(C)c1NC(=O)Cc1csc(-c2ccc(C(F)(F)F)cc2)n1. The number of halogens is 3. The smallest absolute Gasteiger partial charge is 0.325 e. The zero-order valence-corrected chi connectivity index (χ0v) is 15.5. The number of carbonyl (C=O) groups is 1. The highest BCUT2D eigenvalue weighted by Crippen LogP contribution is 2.31. The quantitative estimate of drug-likeness (QED) is 0.628. The normalized spacial score (nSPS) is 11.4. The van der Waals surface area contributed by atoms with Gasteiger partial charge in [-0.3, -0.25) is 4.79 Å². The maximum absolute atomic E-state index is 12.6. The minimum Gasteiger partial charge on any atom is -0.325 e. The molecule has 0 atom stereocenters. The first-order valence-corrected chi connectivity index (χ1v) is 9.10. The molecule has 1 amide bonds. The maximum Gasteiger partial charge on any atom is 0.416 e. The molecule has 0 fully saturated rings. The molecule has 1 aromatic heterocycles. The molecule has 0 aliphatic rings. The van der Waals surface area contributed by atoms with E-state index in [4.69, 9.17) is 0 Å². The van der Waals surface area contributed by atoms with Crippen LogP contribution in [0.5, 0.6) is 0 Å². The van der Waals surface area contributed by atoms with Gasteiger partial charge in [-0.2, -0.15) is 13.2 Å². The van der Waals surface area contributed by atoms with Gasteiger partial charge in [0.05, 0.1) is 17.7 Å². The molecule has 0 bridgehead atoms. The molecule has 0 saturated carbocycles. The van der Waals surface area contributed by atoms with E-state index < -0.39 is 11.7 Å². The van der Waals surface area contributed by atoms with Crippen LogP contribution in [0.1, 0.15) is 22.4 Å². The molecule has 0 saturated heterocycles. The number of benzene rings is 2. The van der Waals surface area contributed by atoms with Gasteiger partial charge in [-0.25, -0.2) is 4.98 Å². The van der Waals surface area contributed by atoms with Gasteiger partial charge in [0, 0.05) is 16.6 Å². The fourth-order valence-electron chi connectivity index (χ4n) is 2.68. The van der Waals surface area contributed by atoms with Crippen LogP contribution in [0.4, 0.5) is 18.9 Å². The number of carbonyl (C=O) groups excluding carboxylic acids is 1. The van der Waals surface area contributed by atoms with E-state index in [0.29, 0.717) is 16.3 Å². The molecule has 27 heavy (non-hydrogen) atoms. The van der Waals surface area contributed by atoms with E-state index in [9.17, 15) is 18.0 Å². The average Bonchev–Trinajstić information content (AvgIpc) is 3.06. The molecule has 1 N–H and O–H groups in total. The Hall–Kier alpha value is -2.67. The molecule has 3 aromatic rings. The van der Waals surface area contributed by atoms with E-state index in [0.717, 1.165) is 28.9 Å². The van der Waals surface area contributed by atoms with Crippen molar-refractivity contribution in [1.29, 1.82) is 0 Å². The molecular weight excluding hydrogens is 373 g/mol. The molecular formula is C20H17F3N2OS. The number of rotatable bonds is 4. The number of amides is 1. The first-order chi connectivity index (χ1) is 12.7. The zero-order valence-electron chi connectivity index (χ0n) is 14.7. The summed E-state index contributed by atoms with van der Waals surface area (Å²) in [4.78, 5) is 16.7. The highest BCUT2D eigenvalue weighted by molar-refractivity contribution is 7.13. The molecule has 0 aliphatic carbocycles. The summed E-state index contributed by atoms with van der Waals surface area (Å²) >= 11 is 1.30. The molecule has 1 heterocycles. The van der Waals surface area contributed by atoms with Crippen LogP contribution in [0.2, 0.25) is 0 Å². The van der Waals surface area contributed by atoms with E-state index in [2.05, 4.69) is 10.3 Å². The molecule has 3 rings (SSSR count). The number of anilines is 1. The predicted molar refractivity (Wildman–Crippen MR) is 101 cm³/mol. The van der Waals surface area contributed by atoms with Crippen molar-refractivity contribution >= 4 is 22.9 Å². The summed E-state index contributed by atoms with van der Waals surface area (Å²) < 4.78 is 37.9. The average molecular weight is 390 g/mol. The highest BCUT2D eigenvalue weighted by Gasteiger charge is 2.30. The van der Waals surface area contributed by atoms with E-state index in [1.165, 1.54) is 23.5 Å². The summed E-state index contributed by atoms with van der Waals surface area (Å²) in [6.07, 6.45) is -4.26. The number of thiazole rings is 1. The second-order valence-corrected chi connectivity index (χ2v) is 7.07. The topological polar surface area (TPSA) is 42.0 Å². The Labute approximate surface area is 158 Å². The summed E-state index contributed by atoms with van der Waals surface area (Å²) in [5.41, 5.74) is 3.23. The second kappa shape index (κ2) is 7.52. The second-order valence-electron chi connectivity index (χ2n) is 6.21. The Kier molecular flexibility index (Phi) is 5.32. The zero-order chi connectivity index (χ0) is 19.6. The first kappa shape index (κ1) is 19.1. The molecule has 0 radical (unpaired) electrons. The number of nitrogens with zero attached hydrogens (tertiary/aromatic N) is 1. The Morgan fingerprint density at radius 2 is 1.70 bits per heavy atom. The first-order valence-electron chi connectivity index (χ1n) is 8.22. The number of alkyl halides is 3. The molecule has 0 spiro atoms. The van der Waals surface area contributed by atoms with Crippen LogP contribution >= 0.6 is 11.3 Å². The lowest BCUT2D eigenvalue weighted by atomic mass is 10.1. The minimum absolute atomic E-state index is 0.102. The van der Waals surface area contributed by atoms with Gasteiger partial charge in [0.25, 0.3) is 0 Å². The maximum atomic E-state index is 12.6. The lowest BCUT2D eigenvalue weighted by Crippen LogP contribution is -2.16. The number of hydrogen-bond acceptors (Lipinski definition) is 3. The fraction of sp³-hybridized carbons (Fsp3) is 0.200. The van der Waals surface area contributed by atoms with Crippen molar-refractivity contribution in [3.63, 3.8) is 0 Å². The van der Waals surface area contributed by atoms with Crippen LogP contribution in [-0.4, -0.2) is 10.9 Å². The fourth-order valence-corrected chi connectivity index (χ4v) is 3.51. The van der Waals surface area contributed by atoms with Crippen molar-refractivity contribution in [2.75, 3.05) is 5.32 Å². The van der Waals surface area contributed by atoms with Crippen molar-refractivity contribution in [3.8, 4) is 10.6 Å².